The Bertz CT molecular complexity index is 378. The van der Waals surface area contributed by atoms with E-state index in [4.69, 9.17) is 4.74 Å². The van der Waals surface area contributed by atoms with Crippen LogP contribution < -0.4 is 0 Å². The van der Waals surface area contributed by atoms with E-state index in [1.165, 1.54) is 31.7 Å². The van der Waals surface area contributed by atoms with Gasteiger partial charge >= 0.3 is 0 Å². The van der Waals surface area contributed by atoms with Gasteiger partial charge in [0.1, 0.15) is 0 Å². The van der Waals surface area contributed by atoms with E-state index in [0.717, 1.165) is 6.61 Å². The number of hydrogen-bond donors (Lipinski definition) is 0. The van der Waals surface area contributed by atoms with E-state index >= 15 is 0 Å². The summed E-state index contributed by atoms with van der Waals surface area (Å²) in [6.45, 7) is 5.42. The molecule has 3 heteroatoms. The summed E-state index contributed by atoms with van der Waals surface area (Å²) in [6, 6.07) is 10.5. The largest absolute Gasteiger partial charge is 0.373 e. The number of rotatable bonds is 3. The van der Waals surface area contributed by atoms with E-state index in [1.807, 2.05) is 0 Å². The lowest BCUT2D eigenvalue weighted by Crippen LogP contribution is -2.59. The number of piperidine rings is 2. The van der Waals surface area contributed by atoms with Crippen LogP contribution in [0.3, 0.4) is 0 Å². The minimum atomic E-state index is 0.438. The first kappa shape index (κ1) is 13.1. The van der Waals surface area contributed by atoms with Crippen molar-refractivity contribution in [1.82, 2.24) is 9.80 Å². The highest BCUT2D eigenvalue weighted by Gasteiger charge is 2.40. The average molecular weight is 260 g/mol. The number of benzene rings is 1. The minimum Gasteiger partial charge on any atom is -0.373 e. The maximum Gasteiger partial charge on any atom is 0.0720 e. The molecule has 0 N–H and O–H groups in total. The lowest BCUT2D eigenvalue weighted by molar-refractivity contribution is -0.111. The topological polar surface area (TPSA) is 15.7 Å². The zero-order valence-corrected chi connectivity index (χ0v) is 12.0. The normalized spacial score (nSPS) is 32.4. The molecule has 0 aromatic heterocycles. The van der Waals surface area contributed by atoms with Crippen LogP contribution in [0.2, 0.25) is 0 Å². The second-order valence-electron chi connectivity index (χ2n) is 6.22. The number of hydrogen-bond acceptors (Lipinski definition) is 3. The second kappa shape index (κ2) is 5.61. The van der Waals surface area contributed by atoms with Gasteiger partial charge in [-0.1, -0.05) is 30.3 Å². The van der Waals surface area contributed by atoms with E-state index < -0.39 is 0 Å². The van der Waals surface area contributed by atoms with Gasteiger partial charge in [-0.25, -0.2) is 0 Å². The highest BCUT2D eigenvalue weighted by molar-refractivity contribution is 5.13. The smallest absolute Gasteiger partial charge is 0.0720 e. The number of fused-ring (bicyclic) bond motifs is 2. The first-order valence-electron chi connectivity index (χ1n) is 7.25. The summed E-state index contributed by atoms with van der Waals surface area (Å²) in [7, 11) is 4.47. The Kier molecular flexibility index (Phi) is 3.87. The van der Waals surface area contributed by atoms with Gasteiger partial charge in [-0.2, -0.15) is 0 Å². The van der Waals surface area contributed by atoms with Gasteiger partial charge in [0.25, 0.3) is 0 Å². The summed E-state index contributed by atoms with van der Waals surface area (Å²) < 4.78 is 6.28. The molecular weight excluding hydrogens is 236 g/mol. The van der Waals surface area contributed by atoms with Gasteiger partial charge in [-0.15, -0.1) is 0 Å². The van der Waals surface area contributed by atoms with Crippen molar-refractivity contribution in [3.8, 4) is 0 Å². The molecule has 2 bridgehead atoms. The van der Waals surface area contributed by atoms with Gasteiger partial charge in [-0.3, -0.25) is 0 Å². The fourth-order valence-electron chi connectivity index (χ4n) is 3.71. The lowest BCUT2D eigenvalue weighted by Gasteiger charge is -2.49. The number of likely N-dealkylation sites (tertiary alicyclic amines) is 2. The van der Waals surface area contributed by atoms with Crippen LogP contribution in [-0.2, 0) is 11.3 Å². The van der Waals surface area contributed by atoms with E-state index in [0.29, 0.717) is 17.9 Å². The molecule has 1 aromatic carbocycles. The molecule has 2 saturated heterocycles. The van der Waals surface area contributed by atoms with Crippen LogP contribution in [0.1, 0.15) is 5.56 Å². The van der Waals surface area contributed by atoms with Crippen LogP contribution in [-0.4, -0.2) is 56.2 Å². The van der Waals surface area contributed by atoms with Crippen LogP contribution in [0.4, 0.5) is 0 Å². The molecule has 0 unspecified atom stereocenters. The van der Waals surface area contributed by atoms with Crippen molar-refractivity contribution in [2.24, 2.45) is 11.8 Å². The van der Waals surface area contributed by atoms with Crippen molar-refractivity contribution in [1.29, 1.82) is 0 Å². The molecule has 2 heterocycles. The van der Waals surface area contributed by atoms with Crippen molar-refractivity contribution in [3.05, 3.63) is 35.9 Å². The molecule has 0 amide bonds. The number of nitrogens with zero attached hydrogens (tertiary/aromatic N) is 2. The molecular formula is C16H24N2O. The molecule has 1 aromatic rings. The van der Waals surface area contributed by atoms with Crippen LogP contribution in [0.15, 0.2) is 30.3 Å². The minimum absolute atomic E-state index is 0.438. The van der Waals surface area contributed by atoms with Crippen LogP contribution >= 0.6 is 0 Å². The second-order valence-corrected chi connectivity index (χ2v) is 6.22. The molecule has 3 nitrogen and oxygen atoms in total. The maximum absolute atomic E-state index is 6.28. The molecule has 2 fully saturated rings. The highest BCUT2D eigenvalue weighted by atomic mass is 16.5. The zero-order chi connectivity index (χ0) is 13.2. The quantitative estimate of drug-likeness (QED) is 0.822. The molecule has 2 aliphatic heterocycles. The van der Waals surface area contributed by atoms with Gasteiger partial charge in [0, 0.05) is 38.0 Å². The molecule has 0 radical (unpaired) electrons. The SMILES string of the molecule is CN1CC2CN(C)CC(C1)C2OCc1ccccc1. The van der Waals surface area contributed by atoms with Gasteiger partial charge in [0.2, 0.25) is 0 Å². The molecule has 0 aliphatic carbocycles. The fourth-order valence-corrected chi connectivity index (χ4v) is 3.71. The van der Waals surface area contributed by atoms with Crippen LogP contribution in [0.5, 0.6) is 0 Å². The van der Waals surface area contributed by atoms with Crippen molar-refractivity contribution >= 4 is 0 Å². The Labute approximate surface area is 116 Å². The Morgan fingerprint density at radius 1 is 0.947 bits per heavy atom. The monoisotopic (exact) mass is 260 g/mol. The third kappa shape index (κ3) is 2.99. The van der Waals surface area contributed by atoms with E-state index in [9.17, 15) is 0 Å². The first-order chi connectivity index (χ1) is 9.22. The molecule has 0 saturated carbocycles. The van der Waals surface area contributed by atoms with Gasteiger partial charge in [0.05, 0.1) is 12.7 Å². The summed E-state index contributed by atoms with van der Waals surface area (Å²) in [4.78, 5) is 4.93. The van der Waals surface area contributed by atoms with E-state index in [2.05, 4.69) is 54.2 Å². The summed E-state index contributed by atoms with van der Waals surface area (Å²) in [5.41, 5.74) is 1.29. The summed E-state index contributed by atoms with van der Waals surface area (Å²) >= 11 is 0. The summed E-state index contributed by atoms with van der Waals surface area (Å²) in [5.74, 6) is 1.32. The van der Waals surface area contributed by atoms with Crippen LogP contribution in [0.25, 0.3) is 0 Å². The third-order valence-electron chi connectivity index (χ3n) is 4.40. The molecule has 104 valence electrons. The Hall–Kier alpha value is -0.900. The predicted octanol–water partition coefficient (Wildman–Crippen LogP) is 1.69. The maximum atomic E-state index is 6.28. The average Bonchev–Trinajstić information content (AvgIpc) is 2.37. The van der Waals surface area contributed by atoms with Crippen molar-refractivity contribution in [3.63, 3.8) is 0 Å². The van der Waals surface area contributed by atoms with Crippen molar-refractivity contribution in [2.45, 2.75) is 12.7 Å². The number of ether oxygens (including phenoxy) is 1. The highest BCUT2D eigenvalue weighted by Crippen LogP contribution is 2.30. The Morgan fingerprint density at radius 2 is 1.47 bits per heavy atom. The molecule has 0 spiro atoms. The summed E-state index contributed by atoms with van der Waals surface area (Å²) in [6.07, 6.45) is 0.438. The Morgan fingerprint density at radius 3 is 2.00 bits per heavy atom. The van der Waals surface area contributed by atoms with E-state index in [1.54, 1.807) is 0 Å². The van der Waals surface area contributed by atoms with Crippen molar-refractivity contribution < 1.29 is 4.74 Å². The van der Waals surface area contributed by atoms with Crippen molar-refractivity contribution in [2.75, 3.05) is 40.3 Å². The fraction of sp³-hybridized carbons (Fsp3) is 0.625. The summed E-state index contributed by atoms with van der Waals surface area (Å²) in [5, 5.41) is 0. The predicted molar refractivity (Wildman–Crippen MR) is 77.0 cm³/mol. The molecule has 19 heavy (non-hydrogen) atoms. The van der Waals surface area contributed by atoms with Gasteiger partial charge in [-0.05, 0) is 19.7 Å². The molecule has 3 rings (SSSR count). The molecule has 0 atom stereocenters. The van der Waals surface area contributed by atoms with Gasteiger partial charge < -0.3 is 14.5 Å². The van der Waals surface area contributed by atoms with E-state index in [-0.39, 0.29) is 0 Å². The standard InChI is InChI=1S/C16H24N2O/c1-17-8-14-10-18(2)11-15(9-17)16(14)19-12-13-6-4-3-5-7-13/h3-7,14-16H,8-12H2,1-2H3. The Balaban J connectivity index is 1.64. The third-order valence-corrected chi connectivity index (χ3v) is 4.40. The first-order valence-corrected chi connectivity index (χ1v) is 7.25. The lowest BCUT2D eigenvalue weighted by atomic mass is 9.82. The zero-order valence-electron chi connectivity index (χ0n) is 12.0. The van der Waals surface area contributed by atoms with Crippen LogP contribution in [0, 0.1) is 11.8 Å². The van der Waals surface area contributed by atoms with Gasteiger partial charge in [0.15, 0.2) is 0 Å². The molecule has 2 aliphatic rings.